The normalized spacial score (nSPS) is 33.8. The highest BCUT2D eigenvalue weighted by atomic mass is 16.8. The summed E-state index contributed by atoms with van der Waals surface area (Å²) in [6, 6.07) is 8.83. The Hall–Kier alpha value is -2.00. The number of rotatable bonds is 4. The zero-order valence-corrected chi connectivity index (χ0v) is 14.9. The Morgan fingerprint density at radius 3 is 2.50 bits per heavy atom. The molecular formula is C18H23NO7. The summed E-state index contributed by atoms with van der Waals surface area (Å²) in [6.45, 7) is 2.94. The fourth-order valence-electron chi connectivity index (χ4n) is 3.28. The quantitative estimate of drug-likeness (QED) is 0.793. The van der Waals surface area contributed by atoms with Crippen molar-refractivity contribution in [3.8, 4) is 0 Å². The Labute approximate surface area is 151 Å². The van der Waals surface area contributed by atoms with Crippen molar-refractivity contribution in [2.75, 3.05) is 13.7 Å². The van der Waals surface area contributed by atoms with Crippen LogP contribution in [0, 0.1) is 0 Å². The van der Waals surface area contributed by atoms with Gasteiger partial charge in [-0.2, -0.15) is 0 Å². The van der Waals surface area contributed by atoms with Gasteiger partial charge in [0.05, 0.1) is 12.6 Å². The van der Waals surface area contributed by atoms with E-state index < -0.39 is 42.9 Å². The molecule has 2 fully saturated rings. The molecule has 2 aliphatic heterocycles. The SMILES string of the molecule is CO[C@H]1O[C@@H]2CO[C@H](c3ccccc3)O[C@@H]2[C@@H](NC(C)=O)[C@H]1OC(C)=O. The lowest BCUT2D eigenvalue weighted by Gasteiger charge is -2.48. The summed E-state index contributed by atoms with van der Waals surface area (Å²) in [5, 5.41) is 2.82. The molecule has 2 heterocycles. The van der Waals surface area contributed by atoms with Gasteiger partial charge in [-0.3, -0.25) is 9.59 Å². The van der Waals surface area contributed by atoms with Gasteiger partial charge in [-0.05, 0) is 0 Å². The Kier molecular flexibility index (Phi) is 5.87. The van der Waals surface area contributed by atoms with Crippen molar-refractivity contribution in [2.24, 2.45) is 0 Å². The minimum Gasteiger partial charge on any atom is -0.455 e. The molecule has 3 rings (SSSR count). The van der Waals surface area contributed by atoms with Crippen LogP contribution in [0.1, 0.15) is 25.7 Å². The van der Waals surface area contributed by atoms with Crippen molar-refractivity contribution in [1.29, 1.82) is 0 Å². The fourth-order valence-corrected chi connectivity index (χ4v) is 3.28. The molecule has 0 aliphatic carbocycles. The van der Waals surface area contributed by atoms with E-state index in [4.69, 9.17) is 23.7 Å². The van der Waals surface area contributed by atoms with E-state index in [1.54, 1.807) is 0 Å². The van der Waals surface area contributed by atoms with Crippen molar-refractivity contribution < 1.29 is 33.3 Å². The second kappa shape index (κ2) is 8.13. The molecule has 1 aromatic carbocycles. The van der Waals surface area contributed by atoms with Gasteiger partial charge in [0.25, 0.3) is 0 Å². The van der Waals surface area contributed by atoms with Gasteiger partial charge in [-0.25, -0.2) is 0 Å². The first-order valence-electron chi connectivity index (χ1n) is 8.44. The number of benzene rings is 1. The molecule has 2 aliphatic rings. The summed E-state index contributed by atoms with van der Waals surface area (Å²) in [4.78, 5) is 23.3. The van der Waals surface area contributed by atoms with Gasteiger partial charge in [-0.1, -0.05) is 30.3 Å². The molecule has 0 spiro atoms. The second-order valence-corrected chi connectivity index (χ2v) is 6.26. The number of ether oxygens (including phenoxy) is 5. The summed E-state index contributed by atoms with van der Waals surface area (Å²) in [5.41, 5.74) is 0.852. The molecular weight excluding hydrogens is 342 g/mol. The van der Waals surface area contributed by atoms with Crippen LogP contribution in [-0.4, -0.2) is 56.2 Å². The number of fused-ring (bicyclic) bond motifs is 1. The average Bonchev–Trinajstić information content (AvgIpc) is 2.63. The molecule has 8 heteroatoms. The van der Waals surface area contributed by atoms with Crippen LogP contribution in [0.2, 0.25) is 0 Å². The first kappa shape index (κ1) is 18.8. The minimum atomic E-state index is -0.836. The molecule has 0 saturated carbocycles. The van der Waals surface area contributed by atoms with Gasteiger partial charge >= 0.3 is 5.97 Å². The van der Waals surface area contributed by atoms with E-state index in [1.165, 1.54) is 21.0 Å². The lowest BCUT2D eigenvalue weighted by atomic mass is 9.94. The summed E-state index contributed by atoms with van der Waals surface area (Å²) >= 11 is 0. The van der Waals surface area contributed by atoms with Gasteiger partial charge in [0, 0.05) is 26.5 Å². The molecule has 1 amide bonds. The lowest BCUT2D eigenvalue weighted by molar-refractivity contribution is -0.341. The number of carbonyl (C=O) groups is 2. The molecule has 6 atom stereocenters. The minimum absolute atomic E-state index is 0.257. The highest BCUT2D eigenvalue weighted by Gasteiger charge is 2.52. The van der Waals surface area contributed by atoms with E-state index in [9.17, 15) is 9.59 Å². The Balaban J connectivity index is 1.86. The standard InChI is InChI=1S/C18H23NO7/c1-10(20)19-14-15-13(25-18(22-3)16(14)24-11(2)21)9-23-17(26-15)12-7-5-4-6-8-12/h4-8,13-18H,9H2,1-3H3,(H,19,20)/t13-,14-,15+,16-,17+,18+/m1/s1. The molecule has 0 unspecified atom stereocenters. The van der Waals surface area contributed by atoms with Crippen LogP contribution in [0.5, 0.6) is 0 Å². The number of carbonyl (C=O) groups excluding carboxylic acids is 2. The van der Waals surface area contributed by atoms with E-state index in [0.29, 0.717) is 0 Å². The molecule has 0 aromatic heterocycles. The molecule has 8 nitrogen and oxygen atoms in total. The summed E-state index contributed by atoms with van der Waals surface area (Å²) < 4.78 is 28.4. The maximum absolute atomic E-state index is 11.7. The van der Waals surface area contributed by atoms with Crippen LogP contribution in [0.4, 0.5) is 0 Å². The van der Waals surface area contributed by atoms with E-state index in [2.05, 4.69) is 5.32 Å². The first-order valence-corrected chi connectivity index (χ1v) is 8.44. The van der Waals surface area contributed by atoms with Crippen LogP contribution < -0.4 is 5.32 Å². The van der Waals surface area contributed by atoms with Crippen LogP contribution in [0.25, 0.3) is 0 Å². The maximum atomic E-state index is 11.7. The first-order chi connectivity index (χ1) is 12.5. The van der Waals surface area contributed by atoms with Crippen LogP contribution >= 0.6 is 0 Å². The van der Waals surface area contributed by atoms with E-state index in [0.717, 1.165) is 5.56 Å². The monoisotopic (exact) mass is 365 g/mol. The van der Waals surface area contributed by atoms with Gasteiger partial charge < -0.3 is 29.0 Å². The highest BCUT2D eigenvalue weighted by molar-refractivity contribution is 5.73. The van der Waals surface area contributed by atoms with E-state index in [-0.39, 0.29) is 12.5 Å². The topological polar surface area (TPSA) is 92.3 Å². The number of hydrogen-bond donors (Lipinski definition) is 1. The summed E-state index contributed by atoms with van der Waals surface area (Å²) in [5.74, 6) is -0.768. The number of esters is 1. The predicted molar refractivity (Wildman–Crippen MR) is 88.8 cm³/mol. The molecule has 0 radical (unpaired) electrons. The third-order valence-electron chi connectivity index (χ3n) is 4.32. The van der Waals surface area contributed by atoms with Crippen molar-refractivity contribution >= 4 is 11.9 Å². The predicted octanol–water partition coefficient (Wildman–Crippen LogP) is 0.908. The number of nitrogens with one attached hydrogen (secondary N) is 1. The molecule has 1 aromatic rings. The summed E-state index contributed by atoms with van der Waals surface area (Å²) in [6.07, 6.45) is -3.30. The van der Waals surface area contributed by atoms with E-state index >= 15 is 0 Å². The smallest absolute Gasteiger partial charge is 0.303 e. The summed E-state index contributed by atoms with van der Waals surface area (Å²) in [7, 11) is 1.45. The molecule has 1 N–H and O–H groups in total. The lowest BCUT2D eigenvalue weighted by Crippen LogP contribution is -2.67. The van der Waals surface area contributed by atoms with Crippen LogP contribution in [-0.2, 0) is 33.3 Å². The maximum Gasteiger partial charge on any atom is 0.303 e. The zero-order valence-electron chi connectivity index (χ0n) is 14.9. The Bertz CT molecular complexity index is 638. The molecule has 2 saturated heterocycles. The van der Waals surface area contributed by atoms with Crippen LogP contribution in [0.3, 0.4) is 0 Å². The Morgan fingerprint density at radius 1 is 1.15 bits per heavy atom. The average molecular weight is 365 g/mol. The van der Waals surface area contributed by atoms with Crippen molar-refractivity contribution in [3.63, 3.8) is 0 Å². The third-order valence-corrected chi connectivity index (χ3v) is 4.32. The number of methoxy groups -OCH3 is 1. The van der Waals surface area contributed by atoms with E-state index in [1.807, 2.05) is 30.3 Å². The largest absolute Gasteiger partial charge is 0.455 e. The Morgan fingerprint density at radius 2 is 1.88 bits per heavy atom. The highest BCUT2D eigenvalue weighted by Crippen LogP contribution is 2.35. The molecule has 142 valence electrons. The number of amides is 1. The van der Waals surface area contributed by atoms with Crippen molar-refractivity contribution in [2.45, 2.75) is 50.8 Å². The fraction of sp³-hybridized carbons (Fsp3) is 0.556. The van der Waals surface area contributed by atoms with Crippen molar-refractivity contribution in [3.05, 3.63) is 35.9 Å². The van der Waals surface area contributed by atoms with Gasteiger partial charge in [-0.15, -0.1) is 0 Å². The number of hydrogen-bond acceptors (Lipinski definition) is 7. The second-order valence-electron chi connectivity index (χ2n) is 6.26. The zero-order chi connectivity index (χ0) is 18.7. The molecule has 0 bridgehead atoms. The van der Waals surface area contributed by atoms with Gasteiger partial charge in [0.2, 0.25) is 5.91 Å². The van der Waals surface area contributed by atoms with Crippen molar-refractivity contribution in [1.82, 2.24) is 5.32 Å². The van der Waals surface area contributed by atoms with Gasteiger partial charge in [0.15, 0.2) is 18.7 Å². The van der Waals surface area contributed by atoms with Crippen LogP contribution in [0.15, 0.2) is 30.3 Å². The van der Waals surface area contributed by atoms with Gasteiger partial charge in [0.1, 0.15) is 12.2 Å². The molecule has 26 heavy (non-hydrogen) atoms. The third kappa shape index (κ3) is 4.04.